The van der Waals surface area contributed by atoms with Crippen molar-refractivity contribution >= 4 is 11.3 Å². The van der Waals surface area contributed by atoms with E-state index in [0.717, 1.165) is 0 Å². The van der Waals surface area contributed by atoms with Gasteiger partial charge in [-0.05, 0) is 50.3 Å². The number of nitrogens with one attached hydrogen (secondary N) is 1. The molecule has 1 atom stereocenters. The van der Waals surface area contributed by atoms with Crippen molar-refractivity contribution in [2.75, 3.05) is 7.05 Å². The predicted molar refractivity (Wildman–Crippen MR) is 81.4 cm³/mol. The smallest absolute Gasteiger partial charge is 0.0166 e. The van der Waals surface area contributed by atoms with Crippen LogP contribution in [-0.2, 0) is 12.8 Å². The predicted octanol–water partition coefficient (Wildman–Crippen LogP) is 4.41. The molecule has 1 unspecified atom stereocenters. The first-order valence-corrected chi connectivity index (χ1v) is 8.24. The van der Waals surface area contributed by atoms with Gasteiger partial charge in [0.25, 0.3) is 0 Å². The van der Waals surface area contributed by atoms with Crippen molar-refractivity contribution in [2.24, 2.45) is 5.41 Å². The topological polar surface area (TPSA) is 12.0 Å². The Morgan fingerprint density at radius 1 is 1.22 bits per heavy atom. The highest BCUT2D eigenvalue weighted by atomic mass is 32.1. The van der Waals surface area contributed by atoms with Gasteiger partial charge in [0.15, 0.2) is 0 Å². The molecule has 0 amide bonds. The fraction of sp³-hybridized carbons (Fsp3) is 0.750. The fourth-order valence-electron chi connectivity index (χ4n) is 3.33. The molecule has 0 aliphatic heterocycles. The van der Waals surface area contributed by atoms with Gasteiger partial charge in [-0.3, -0.25) is 0 Å². The highest BCUT2D eigenvalue weighted by molar-refractivity contribution is 7.11. The van der Waals surface area contributed by atoms with Crippen LogP contribution in [0.3, 0.4) is 0 Å². The first-order valence-electron chi connectivity index (χ1n) is 7.43. The van der Waals surface area contributed by atoms with Crippen molar-refractivity contribution in [2.45, 2.75) is 64.8 Å². The Kier molecular flexibility index (Phi) is 4.85. The summed E-state index contributed by atoms with van der Waals surface area (Å²) in [4.78, 5) is 3.08. The molecule has 1 nitrogen and oxygen atoms in total. The molecule has 0 radical (unpaired) electrons. The van der Waals surface area contributed by atoms with Crippen LogP contribution in [0.15, 0.2) is 12.1 Å². The third kappa shape index (κ3) is 3.16. The van der Waals surface area contributed by atoms with Crippen molar-refractivity contribution in [1.82, 2.24) is 5.32 Å². The minimum atomic E-state index is 0.503. The van der Waals surface area contributed by atoms with Gasteiger partial charge in [-0.2, -0.15) is 0 Å². The van der Waals surface area contributed by atoms with Crippen molar-refractivity contribution in [1.29, 1.82) is 0 Å². The summed E-state index contributed by atoms with van der Waals surface area (Å²) < 4.78 is 0. The quantitative estimate of drug-likeness (QED) is 0.831. The maximum Gasteiger partial charge on any atom is 0.0166 e. The lowest BCUT2D eigenvalue weighted by atomic mass is 9.69. The van der Waals surface area contributed by atoms with E-state index in [4.69, 9.17) is 0 Å². The summed E-state index contributed by atoms with van der Waals surface area (Å²) in [6, 6.07) is 5.27. The summed E-state index contributed by atoms with van der Waals surface area (Å²) >= 11 is 2.00. The molecule has 1 aliphatic rings. The minimum Gasteiger partial charge on any atom is -0.316 e. The van der Waals surface area contributed by atoms with E-state index in [-0.39, 0.29) is 0 Å². The summed E-state index contributed by atoms with van der Waals surface area (Å²) in [5.74, 6) is 0. The Bertz CT molecular complexity index is 363. The molecular weight excluding hydrogens is 238 g/mol. The second-order valence-electron chi connectivity index (χ2n) is 5.98. The van der Waals surface area contributed by atoms with E-state index in [0.29, 0.717) is 11.5 Å². The lowest BCUT2D eigenvalue weighted by Gasteiger charge is -2.40. The molecule has 0 spiro atoms. The van der Waals surface area contributed by atoms with Gasteiger partial charge in [-0.15, -0.1) is 11.3 Å². The number of hydrogen-bond acceptors (Lipinski definition) is 2. The highest BCUT2D eigenvalue weighted by Crippen LogP contribution is 2.40. The average molecular weight is 265 g/mol. The highest BCUT2D eigenvalue weighted by Gasteiger charge is 2.34. The lowest BCUT2D eigenvalue weighted by molar-refractivity contribution is 0.149. The Labute approximate surface area is 116 Å². The summed E-state index contributed by atoms with van der Waals surface area (Å²) in [5.41, 5.74) is 0.503. The molecule has 102 valence electrons. The van der Waals surface area contributed by atoms with E-state index < -0.39 is 0 Å². The molecule has 1 aromatic rings. The second kappa shape index (κ2) is 6.21. The Morgan fingerprint density at radius 2 is 1.89 bits per heavy atom. The normalized spacial score (nSPS) is 20.8. The molecule has 0 saturated heterocycles. The van der Waals surface area contributed by atoms with Crippen molar-refractivity contribution in [3.8, 4) is 0 Å². The summed E-state index contributed by atoms with van der Waals surface area (Å²) in [5, 5.41) is 3.59. The molecule has 1 aliphatic carbocycles. The van der Waals surface area contributed by atoms with Crippen molar-refractivity contribution < 1.29 is 0 Å². The zero-order valence-corrected chi connectivity index (χ0v) is 12.9. The molecular formula is C16H27NS. The number of likely N-dealkylation sites (N-methyl/N-ethyl adjacent to an activating group) is 1. The van der Waals surface area contributed by atoms with Gasteiger partial charge in [-0.1, -0.05) is 33.1 Å². The molecule has 2 heteroatoms. The van der Waals surface area contributed by atoms with E-state index >= 15 is 0 Å². The first-order chi connectivity index (χ1) is 8.68. The molecule has 1 aromatic heterocycles. The van der Waals surface area contributed by atoms with Crippen LogP contribution in [0.5, 0.6) is 0 Å². The van der Waals surface area contributed by atoms with E-state index in [9.17, 15) is 0 Å². The Hall–Kier alpha value is -0.340. The van der Waals surface area contributed by atoms with E-state index in [1.807, 2.05) is 11.3 Å². The summed E-state index contributed by atoms with van der Waals surface area (Å²) in [6.45, 7) is 4.73. The van der Waals surface area contributed by atoms with Crippen LogP contribution in [0.1, 0.15) is 55.7 Å². The SMILES string of the molecule is CCc1ccc(CC(NC)C2(C)CCCCC2)s1. The van der Waals surface area contributed by atoms with Crippen LogP contribution in [0, 0.1) is 5.41 Å². The van der Waals surface area contributed by atoms with Gasteiger partial charge in [0.1, 0.15) is 0 Å². The average Bonchev–Trinajstić information content (AvgIpc) is 2.84. The molecule has 0 bridgehead atoms. The van der Waals surface area contributed by atoms with Crippen LogP contribution in [0.4, 0.5) is 0 Å². The van der Waals surface area contributed by atoms with Crippen LogP contribution in [-0.4, -0.2) is 13.1 Å². The third-order valence-electron chi connectivity index (χ3n) is 4.66. The number of thiophene rings is 1. The Morgan fingerprint density at radius 3 is 2.44 bits per heavy atom. The van der Waals surface area contributed by atoms with Gasteiger partial charge in [-0.25, -0.2) is 0 Å². The second-order valence-corrected chi connectivity index (χ2v) is 7.23. The summed E-state index contributed by atoms with van der Waals surface area (Å²) in [6.07, 6.45) is 9.43. The fourth-order valence-corrected chi connectivity index (χ4v) is 4.33. The van der Waals surface area contributed by atoms with Gasteiger partial charge in [0.05, 0.1) is 0 Å². The van der Waals surface area contributed by atoms with Crippen molar-refractivity contribution in [3.63, 3.8) is 0 Å². The zero-order valence-electron chi connectivity index (χ0n) is 12.1. The minimum absolute atomic E-state index is 0.503. The number of aryl methyl sites for hydroxylation is 1. The molecule has 1 heterocycles. The van der Waals surface area contributed by atoms with Crippen molar-refractivity contribution in [3.05, 3.63) is 21.9 Å². The zero-order chi connectivity index (χ0) is 13.0. The molecule has 1 fully saturated rings. The molecule has 0 aromatic carbocycles. The van der Waals surface area contributed by atoms with Gasteiger partial charge < -0.3 is 5.32 Å². The molecule has 1 N–H and O–H groups in total. The van der Waals surface area contributed by atoms with E-state index in [1.165, 1.54) is 49.8 Å². The Balaban J connectivity index is 2.03. The first kappa shape index (κ1) is 14.1. The largest absolute Gasteiger partial charge is 0.316 e. The van der Waals surface area contributed by atoms with Crippen LogP contribution in [0.25, 0.3) is 0 Å². The lowest BCUT2D eigenvalue weighted by Crippen LogP contribution is -2.44. The van der Waals surface area contributed by atoms with Gasteiger partial charge in [0.2, 0.25) is 0 Å². The maximum absolute atomic E-state index is 3.59. The molecule has 1 saturated carbocycles. The molecule has 2 rings (SSSR count). The van der Waals surface area contributed by atoms with Crippen LogP contribution < -0.4 is 5.32 Å². The van der Waals surface area contributed by atoms with Gasteiger partial charge >= 0.3 is 0 Å². The monoisotopic (exact) mass is 265 g/mol. The van der Waals surface area contributed by atoms with Gasteiger partial charge in [0, 0.05) is 15.8 Å². The number of rotatable bonds is 5. The van der Waals surface area contributed by atoms with E-state index in [2.05, 4.69) is 38.3 Å². The third-order valence-corrected chi connectivity index (χ3v) is 5.91. The van der Waals surface area contributed by atoms with E-state index in [1.54, 1.807) is 4.88 Å². The van der Waals surface area contributed by atoms with Crippen LogP contribution >= 0.6 is 11.3 Å². The van der Waals surface area contributed by atoms with Crippen LogP contribution in [0.2, 0.25) is 0 Å². The maximum atomic E-state index is 3.59. The standard InChI is InChI=1S/C16H27NS/c1-4-13-8-9-14(18-13)12-15(17-3)16(2)10-6-5-7-11-16/h8-9,15,17H,4-7,10-12H2,1-3H3. The summed E-state index contributed by atoms with van der Waals surface area (Å²) in [7, 11) is 2.14. The number of hydrogen-bond donors (Lipinski definition) is 1. The molecule has 18 heavy (non-hydrogen) atoms.